The number of aromatic nitrogens is 1. The number of benzene rings is 1. The number of pyridine rings is 1. The molecule has 1 fully saturated rings. The predicted octanol–water partition coefficient (Wildman–Crippen LogP) is 2.51. The van der Waals surface area contributed by atoms with Gasteiger partial charge in [0.15, 0.2) is 11.5 Å². The van der Waals surface area contributed by atoms with Gasteiger partial charge in [-0.1, -0.05) is 6.07 Å². The minimum atomic E-state index is -0.378. The fraction of sp³-hybridized carbons (Fsp3) is 0.368. The largest absolute Gasteiger partial charge is 0.493 e. The van der Waals surface area contributed by atoms with Crippen LogP contribution >= 0.6 is 0 Å². The van der Waals surface area contributed by atoms with Gasteiger partial charge in [0.25, 0.3) is 0 Å². The minimum Gasteiger partial charge on any atom is -0.493 e. The SMILES string of the molecule is COc1cc(C)ccc1Oc1ccc(NC(=O)[C@H]2NCCO[C@@H]2C)cn1. The molecule has 1 aliphatic heterocycles. The van der Waals surface area contributed by atoms with Gasteiger partial charge in [-0.05, 0) is 37.6 Å². The Bertz CT molecular complexity index is 764. The normalized spacial score (nSPS) is 19.7. The number of morpholine rings is 1. The molecule has 1 aromatic carbocycles. The third kappa shape index (κ3) is 4.30. The molecule has 26 heavy (non-hydrogen) atoms. The van der Waals surface area contributed by atoms with Crippen molar-refractivity contribution in [1.82, 2.24) is 10.3 Å². The van der Waals surface area contributed by atoms with Crippen molar-refractivity contribution in [2.24, 2.45) is 0 Å². The number of hydrogen-bond donors (Lipinski definition) is 2. The number of carbonyl (C=O) groups excluding carboxylic acids is 1. The lowest BCUT2D eigenvalue weighted by atomic mass is 10.1. The molecule has 2 heterocycles. The van der Waals surface area contributed by atoms with Gasteiger partial charge in [-0.2, -0.15) is 0 Å². The smallest absolute Gasteiger partial charge is 0.244 e. The summed E-state index contributed by atoms with van der Waals surface area (Å²) in [6, 6.07) is 8.73. The lowest BCUT2D eigenvalue weighted by Crippen LogP contribution is -2.53. The molecule has 1 amide bonds. The van der Waals surface area contributed by atoms with Crippen LogP contribution in [0.3, 0.4) is 0 Å². The highest BCUT2D eigenvalue weighted by Crippen LogP contribution is 2.31. The van der Waals surface area contributed by atoms with Gasteiger partial charge in [0.05, 0.1) is 31.7 Å². The van der Waals surface area contributed by atoms with Crippen LogP contribution in [0.5, 0.6) is 17.4 Å². The minimum absolute atomic E-state index is 0.145. The van der Waals surface area contributed by atoms with Crippen LogP contribution in [0.25, 0.3) is 0 Å². The molecule has 7 heteroatoms. The van der Waals surface area contributed by atoms with Crippen molar-refractivity contribution in [2.75, 3.05) is 25.6 Å². The van der Waals surface area contributed by atoms with Crippen LogP contribution < -0.4 is 20.1 Å². The summed E-state index contributed by atoms with van der Waals surface area (Å²) < 4.78 is 16.6. The summed E-state index contributed by atoms with van der Waals surface area (Å²) in [5.41, 5.74) is 1.67. The predicted molar refractivity (Wildman–Crippen MR) is 97.9 cm³/mol. The number of nitrogens with one attached hydrogen (secondary N) is 2. The molecule has 0 saturated carbocycles. The van der Waals surface area contributed by atoms with Gasteiger partial charge in [-0.15, -0.1) is 0 Å². The van der Waals surface area contributed by atoms with Crippen LogP contribution in [0.4, 0.5) is 5.69 Å². The number of amides is 1. The van der Waals surface area contributed by atoms with Gasteiger partial charge in [0.1, 0.15) is 6.04 Å². The van der Waals surface area contributed by atoms with Crippen LogP contribution in [0.1, 0.15) is 12.5 Å². The van der Waals surface area contributed by atoms with Crippen LogP contribution in [-0.4, -0.2) is 43.3 Å². The molecule has 0 bridgehead atoms. The first kappa shape index (κ1) is 18.2. The maximum absolute atomic E-state index is 12.3. The highest BCUT2D eigenvalue weighted by molar-refractivity contribution is 5.95. The second-order valence-corrected chi connectivity index (χ2v) is 6.14. The molecular formula is C19H23N3O4. The van der Waals surface area contributed by atoms with Crippen molar-refractivity contribution < 1.29 is 19.0 Å². The zero-order valence-corrected chi connectivity index (χ0v) is 15.1. The third-order valence-corrected chi connectivity index (χ3v) is 4.14. The molecule has 3 rings (SSSR count). The average Bonchev–Trinajstić information content (AvgIpc) is 2.65. The first-order valence-electron chi connectivity index (χ1n) is 8.51. The number of methoxy groups -OCH3 is 1. The van der Waals surface area contributed by atoms with E-state index in [4.69, 9.17) is 14.2 Å². The van der Waals surface area contributed by atoms with E-state index in [0.29, 0.717) is 36.2 Å². The van der Waals surface area contributed by atoms with Crippen molar-refractivity contribution in [3.8, 4) is 17.4 Å². The second kappa shape index (κ2) is 8.16. The maximum atomic E-state index is 12.3. The Morgan fingerprint density at radius 1 is 1.31 bits per heavy atom. The van der Waals surface area contributed by atoms with E-state index in [0.717, 1.165) is 5.56 Å². The summed E-state index contributed by atoms with van der Waals surface area (Å²) in [6.45, 7) is 5.13. The van der Waals surface area contributed by atoms with Gasteiger partial charge >= 0.3 is 0 Å². The Hall–Kier alpha value is -2.64. The molecule has 7 nitrogen and oxygen atoms in total. The number of carbonyl (C=O) groups is 1. The molecule has 2 atom stereocenters. The fourth-order valence-electron chi connectivity index (χ4n) is 2.73. The number of anilines is 1. The first-order chi connectivity index (χ1) is 12.6. The summed E-state index contributed by atoms with van der Waals surface area (Å²) >= 11 is 0. The Morgan fingerprint density at radius 2 is 2.15 bits per heavy atom. The maximum Gasteiger partial charge on any atom is 0.244 e. The molecule has 0 unspecified atom stereocenters. The van der Waals surface area contributed by atoms with Crippen molar-refractivity contribution in [3.05, 3.63) is 42.1 Å². The standard InChI is InChI=1S/C19H23N3O4/c1-12-4-6-15(16(10-12)24-3)26-17-7-5-14(11-21-17)22-19(23)18-13(2)25-9-8-20-18/h4-7,10-11,13,18,20H,8-9H2,1-3H3,(H,22,23)/t13-,18+/m1/s1. The van der Waals surface area contributed by atoms with Crippen molar-refractivity contribution >= 4 is 11.6 Å². The number of rotatable bonds is 5. The molecule has 138 valence electrons. The topological polar surface area (TPSA) is 81.7 Å². The van der Waals surface area contributed by atoms with Crippen LogP contribution in [-0.2, 0) is 9.53 Å². The molecule has 0 aliphatic carbocycles. The Labute approximate surface area is 152 Å². The second-order valence-electron chi connectivity index (χ2n) is 6.14. The van der Waals surface area contributed by atoms with E-state index in [1.807, 2.05) is 32.0 Å². The van der Waals surface area contributed by atoms with E-state index < -0.39 is 0 Å². The summed E-state index contributed by atoms with van der Waals surface area (Å²) in [4.78, 5) is 16.6. The third-order valence-electron chi connectivity index (χ3n) is 4.14. The first-order valence-corrected chi connectivity index (χ1v) is 8.51. The molecular weight excluding hydrogens is 334 g/mol. The highest BCUT2D eigenvalue weighted by Gasteiger charge is 2.28. The average molecular weight is 357 g/mol. The number of hydrogen-bond acceptors (Lipinski definition) is 6. The summed E-state index contributed by atoms with van der Waals surface area (Å²) in [6.07, 6.45) is 1.38. The number of ether oxygens (including phenoxy) is 3. The fourth-order valence-corrected chi connectivity index (χ4v) is 2.73. The lowest BCUT2D eigenvalue weighted by Gasteiger charge is -2.29. The summed E-state index contributed by atoms with van der Waals surface area (Å²) in [5.74, 6) is 1.49. The van der Waals surface area contributed by atoms with Crippen LogP contribution in [0.2, 0.25) is 0 Å². The van der Waals surface area contributed by atoms with E-state index in [-0.39, 0.29) is 18.1 Å². The molecule has 2 N–H and O–H groups in total. The van der Waals surface area contributed by atoms with E-state index >= 15 is 0 Å². The van der Waals surface area contributed by atoms with Gasteiger partial charge < -0.3 is 24.8 Å². The van der Waals surface area contributed by atoms with Crippen LogP contribution in [0.15, 0.2) is 36.5 Å². The zero-order chi connectivity index (χ0) is 18.5. The van der Waals surface area contributed by atoms with E-state index in [1.165, 1.54) is 0 Å². The van der Waals surface area contributed by atoms with Gasteiger partial charge in [0, 0.05) is 12.6 Å². The zero-order valence-electron chi connectivity index (χ0n) is 15.1. The van der Waals surface area contributed by atoms with Gasteiger partial charge in [-0.25, -0.2) is 4.98 Å². The van der Waals surface area contributed by atoms with Crippen LogP contribution in [0, 0.1) is 6.92 Å². The Balaban J connectivity index is 1.64. The highest BCUT2D eigenvalue weighted by atomic mass is 16.5. The monoisotopic (exact) mass is 357 g/mol. The van der Waals surface area contributed by atoms with Crippen molar-refractivity contribution in [3.63, 3.8) is 0 Å². The van der Waals surface area contributed by atoms with E-state index in [9.17, 15) is 4.79 Å². The number of nitrogens with zero attached hydrogens (tertiary/aromatic N) is 1. The van der Waals surface area contributed by atoms with Gasteiger partial charge in [-0.3, -0.25) is 4.79 Å². The Kier molecular flexibility index (Phi) is 5.70. The van der Waals surface area contributed by atoms with Gasteiger partial charge in [0.2, 0.25) is 11.8 Å². The quantitative estimate of drug-likeness (QED) is 0.856. The molecule has 1 aromatic heterocycles. The number of aryl methyl sites for hydroxylation is 1. The van der Waals surface area contributed by atoms with E-state index in [2.05, 4.69) is 15.6 Å². The van der Waals surface area contributed by atoms with E-state index in [1.54, 1.807) is 25.4 Å². The molecule has 1 saturated heterocycles. The molecule has 2 aromatic rings. The van der Waals surface area contributed by atoms with Crippen molar-refractivity contribution in [2.45, 2.75) is 26.0 Å². The molecule has 0 spiro atoms. The molecule has 0 radical (unpaired) electrons. The summed E-state index contributed by atoms with van der Waals surface area (Å²) in [5, 5.41) is 5.99. The Morgan fingerprint density at radius 3 is 2.85 bits per heavy atom. The lowest BCUT2D eigenvalue weighted by molar-refractivity contribution is -0.123. The molecule has 1 aliphatic rings. The summed E-state index contributed by atoms with van der Waals surface area (Å²) in [7, 11) is 1.59. The van der Waals surface area contributed by atoms with Crippen molar-refractivity contribution in [1.29, 1.82) is 0 Å².